The summed E-state index contributed by atoms with van der Waals surface area (Å²) in [5.41, 5.74) is 0. The first-order valence-electron chi connectivity index (χ1n) is 9.56. The number of nitrogens with one attached hydrogen (secondary N) is 1. The molecule has 2 aromatic heterocycles. The first kappa shape index (κ1) is 21.2. The molecule has 31 heavy (non-hydrogen) atoms. The second-order valence-electron chi connectivity index (χ2n) is 6.88. The number of nitrogens with zero attached hydrogens (tertiary/aromatic N) is 4. The maximum absolute atomic E-state index is 12.7. The van der Waals surface area contributed by atoms with Crippen LogP contribution in [0.25, 0.3) is 0 Å². The van der Waals surface area contributed by atoms with E-state index in [0.29, 0.717) is 32.0 Å². The molecule has 1 saturated heterocycles. The molecule has 4 rings (SSSR count). The number of pyridine rings is 2. The summed E-state index contributed by atoms with van der Waals surface area (Å²) in [6.45, 7) is 1.55. The quantitative estimate of drug-likeness (QED) is 0.598. The molecular weight excluding hydrogens is 438 g/mol. The first-order chi connectivity index (χ1) is 14.9. The fourth-order valence-electron chi connectivity index (χ4n) is 3.24. The molecule has 1 aliphatic rings. The van der Waals surface area contributed by atoms with E-state index in [9.17, 15) is 16.8 Å². The van der Waals surface area contributed by atoms with Gasteiger partial charge in [-0.15, -0.1) is 0 Å². The van der Waals surface area contributed by atoms with Gasteiger partial charge in [-0.1, -0.05) is 24.3 Å². The number of rotatable bonds is 6. The highest BCUT2D eigenvalue weighted by molar-refractivity contribution is 7.92. The minimum atomic E-state index is -3.80. The summed E-state index contributed by atoms with van der Waals surface area (Å²) >= 11 is 0. The van der Waals surface area contributed by atoms with Gasteiger partial charge in [0.1, 0.15) is 16.5 Å². The number of benzene rings is 1. The van der Waals surface area contributed by atoms with Crippen LogP contribution in [0.2, 0.25) is 0 Å². The van der Waals surface area contributed by atoms with Crippen LogP contribution in [-0.2, 0) is 20.0 Å². The Balaban J connectivity index is 1.42. The van der Waals surface area contributed by atoms with Crippen molar-refractivity contribution in [2.75, 3.05) is 35.8 Å². The molecule has 1 N–H and O–H groups in total. The van der Waals surface area contributed by atoms with E-state index in [1.807, 2.05) is 4.90 Å². The average Bonchev–Trinajstić information content (AvgIpc) is 2.80. The third-order valence-corrected chi connectivity index (χ3v) is 8.13. The summed E-state index contributed by atoms with van der Waals surface area (Å²) in [7, 11) is -7.33. The summed E-state index contributed by atoms with van der Waals surface area (Å²) < 4.78 is 54.4. The smallest absolute Gasteiger partial charge is 0.264 e. The van der Waals surface area contributed by atoms with E-state index in [2.05, 4.69) is 14.7 Å². The molecule has 11 heteroatoms. The van der Waals surface area contributed by atoms with Gasteiger partial charge >= 0.3 is 0 Å². The van der Waals surface area contributed by atoms with Crippen LogP contribution in [0.15, 0.2) is 82.8 Å². The minimum absolute atomic E-state index is 0.0206. The third kappa shape index (κ3) is 4.68. The van der Waals surface area contributed by atoms with Gasteiger partial charge in [0, 0.05) is 38.6 Å². The molecule has 0 spiro atoms. The molecule has 0 aliphatic carbocycles. The van der Waals surface area contributed by atoms with Crippen LogP contribution in [0.5, 0.6) is 0 Å². The molecule has 0 unspecified atom stereocenters. The molecule has 0 bridgehead atoms. The van der Waals surface area contributed by atoms with Gasteiger partial charge in [0.05, 0.1) is 4.90 Å². The van der Waals surface area contributed by atoms with Gasteiger partial charge in [-0.2, -0.15) is 4.31 Å². The molecule has 0 atom stereocenters. The molecule has 0 saturated carbocycles. The lowest BCUT2D eigenvalue weighted by atomic mass is 10.3. The number of sulfonamides is 2. The van der Waals surface area contributed by atoms with Gasteiger partial charge in [-0.05, 0) is 36.4 Å². The normalized spacial score (nSPS) is 15.5. The predicted molar refractivity (Wildman–Crippen MR) is 117 cm³/mol. The first-order valence-corrected chi connectivity index (χ1v) is 12.5. The fraction of sp³-hybridized carbons (Fsp3) is 0.200. The van der Waals surface area contributed by atoms with E-state index < -0.39 is 20.0 Å². The van der Waals surface area contributed by atoms with Crippen LogP contribution in [0, 0.1) is 0 Å². The Kier molecular flexibility index (Phi) is 5.90. The lowest BCUT2D eigenvalue weighted by Gasteiger charge is -2.34. The molecule has 3 heterocycles. The van der Waals surface area contributed by atoms with E-state index in [0.717, 1.165) is 0 Å². The van der Waals surface area contributed by atoms with Crippen LogP contribution in [0.4, 0.5) is 11.6 Å². The highest BCUT2D eigenvalue weighted by Gasteiger charge is 2.29. The fourth-order valence-corrected chi connectivity index (χ4v) is 5.63. The van der Waals surface area contributed by atoms with Gasteiger partial charge in [0.25, 0.3) is 10.0 Å². The van der Waals surface area contributed by atoms with Crippen molar-refractivity contribution in [2.24, 2.45) is 0 Å². The summed E-state index contributed by atoms with van der Waals surface area (Å²) in [6.07, 6.45) is 2.78. The molecule has 9 nitrogen and oxygen atoms in total. The molecule has 3 aromatic rings. The Morgan fingerprint density at radius 2 is 1.45 bits per heavy atom. The van der Waals surface area contributed by atoms with Crippen molar-refractivity contribution in [3.8, 4) is 0 Å². The standard InChI is InChI=1S/C20H21N5O4S2/c26-30(27,23-19-8-4-5-11-21-19)18-9-10-20(22-16-18)24-12-14-25(15-13-24)31(28,29)17-6-2-1-3-7-17/h1-11,16H,12-15H2,(H,21,23). The second-order valence-corrected chi connectivity index (χ2v) is 10.5. The molecule has 0 radical (unpaired) electrons. The van der Waals surface area contributed by atoms with Crippen molar-refractivity contribution >= 4 is 31.7 Å². The van der Waals surface area contributed by atoms with Crippen molar-refractivity contribution in [3.63, 3.8) is 0 Å². The molecule has 1 aliphatic heterocycles. The van der Waals surface area contributed by atoms with E-state index in [-0.39, 0.29) is 15.6 Å². The lowest BCUT2D eigenvalue weighted by molar-refractivity contribution is 0.384. The number of hydrogen-bond acceptors (Lipinski definition) is 7. The Hall–Kier alpha value is -3.02. The highest BCUT2D eigenvalue weighted by Crippen LogP contribution is 2.21. The average molecular weight is 460 g/mol. The van der Waals surface area contributed by atoms with Crippen molar-refractivity contribution in [2.45, 2.75) is 9.79 Å². The summed E-state index contributed by atoms with van der Waals surface area (Å²) in [4.78, 5) is 10.5. The lowest BCUT2D eigenvalue weighted by Crippen LogP contribution is -2.48. The molecule has 1 aromatic carbocycles. The molecular formula is C20H21N5O4S2. The monoisotopic (exact) mass is 459 g/mol. The molecule has 0 amide bonds. The summed E-state index contributed by atoms with van der Waals surface area (Å²) in [5, 5.41) is 0. The second kappa shape index (κ2) is 8.61. The van der Waals surface area contributed by atoms with Gasteiger partial charge < -0.3 is 4.90 Å². The van der Waals surface area contributed by atoms with Crippen LogP contribution >= 0.6 is 0 Å². The Morgan fingerprint density at radius 1 is 0.742 bits per heavy atom. The topological polar surface area (TPSA) is 113 Å². The zero-order valence-electron chi connectivity index (χ0n) is 16.5. The van der Waals surface area contributed by atoms with E-state index in [1.54, 1.807) is 54.6 Å². The van der Waals surface area contributed by atoms with E-state index in [4.69, 9.17) is 0 Å². The zero-order chi connectivity index (χ0) is 21.9. The number of aromatic nitrogens is 2. The number of anilines is 2. The Labute approximate surface area is 181 Å². The van der Waals surface area contributed by atoms with E-state index >= 15 is 0 Å². The highest BCUT2D eigenvalue weighted by atomic mass is 32.2. The molecule has 162 valence electrons. The van der Waals surface area contributed by atoms with Crippen LogP contribution in [0.1, 0.15) is 0 Å². The van der Waals surface area contributed by atoms with Crippen molar-refractivity contribution < 1.29 is 16.8 Å². The van der Waals surface area contributed by atoms with Gasteiger partial charge in [0.2, 0.25) is 10.0 Å². The van der Waals surface area contributed by atoms with E-state index in [1.165, 1.54) is 22.8 Å². The number of hydrogen-bond donors (Lipinski definition) is 1. The summed E-state index contributed by atoms with van der Waals surface area (Å²) in [5.74, 6) is 0.816. The third-order valence-electron chi connectivity index (χ3n) is 4.88. The minimum Gasteiger partial charge on any atom is -0.354 e. The molecule has 1 fully saturated rings. The maximum Gasteiger partial charge on any atom is 0.264 e. The SMILES string of the molecule is O=S(=O)(Nc1ccccn1)c1ccc(N2CCN(S(=O)(=O)c3ccccc3)CC2)nc1. The van der Waals surface area contributed by atoms with Crippen LogP contribution in [-0.4, -0.2) is 57.3 Å². The zero-order valence-corrected chi connectivity index (χ0v) is 18.1. The van der Waals surface area contributed by atoms with Gasteiger partial charge in [-0.25, -0.2) is 26.8 Å². The predicted octanol–water partition coefficient (Wildman–Crippen LogP) is 1.79. The van der Waals surface area contributed by atoms with Crippen LogP contribution in [0.3, 0.4) is 0 Å². The Morgan fingerprint density at radius 3 is 2.06 bits per heavy atom. The van der Waals surface area contributed by atoms with Crippen LogP contribution < -0.4 is 9.62 Å². The number of piperazine rings is 1. The van der Waals surface area contributed by atoms with Crippen molar-refractivity contribution in [1.82, 2.24) is 14.3 Å². The van der Waals surface area contributed by atoms with Crippen molar-refractivity contribution in [1.29, 1.82) is 0 Å². The maximum atomic E-state index is 12.7. The summed E-state index contributed by atoms with van der Waals surface area (Å²) in [6, 6.07) is 16.4. The van der Waals surface area contributed by atoms with Crippen molar-refractivity contribution in [3.05, 3.63) is 73.1 Å². The van der Waals surface area contributed by atoms with Gasteiger partial charge in [-0.3, -0.25) is 4.72 Å². The Bertz CT molecular complexity index is 1230. The van der Waals surface area contributed by atoms with Gasteiger partial charge in [0.15, 0.2) is 0 Å². The largest absolute Gasteiger partial charge is 0.354 e.